The van der Waals surface area contributed by atoms with E-state index in [0.29, 0.717) is 24.4 Å². The summed E-state index contributed by atoms with van der Waals surface area (Å²) in [7, 11) is 0. The maximum Gasteiger partial charge on any atom is 0.162 e. The van der Waals surface area contributed by atoms with E-state index in [1.54, 1.807) is 6.92 Å². The Balaban J connectivity index is 1.47. The van der Waals surface area contributed by atoms with E-state index in [4.69, 9.17) is 4.74 Å². The van der Waals surface area contributed by atoms with Crippen LogP contribution >= 0.6 is 0 Å². The standard InChI is InChI=1S/C29H32N2O3/c1-19-5-9-23(10-6-19)16-30-17-25(33)18-34-26-13-14-28-27(15-26)29(22(4)32)21(3)31(28)24-11-7-20(2)8-12-24/h5-15,25,30,33H,16-18H2,1-4H3/t25-/m0/s1. The molecule has 0 aliphatic carbocycles. The summed E-state index contributed by atoms with van der Waals surface area (Å²) in [5, 5.41) is 14.5. The molecule has 1 atom stereocenters. The van der Waals surface area contributed by atoms with Gasteiger partial charge in [0.05, 0.1) is 5.52 Å². The van der Waals surface area contributed by atoms with Gasteiger partial charge in [-0.15, -0.1) is 0 Å². The molecule has 0 aliphatic heterocycles. The lowest BCUT2D eigenvalue weighted by molar-refractivity contribution is 0.101. The zero-order chi connectivity index (χ0) is 24.2. The van der Waals surface area contributed by atoms with Gasteiger partial charge in [0, 0.05) is 35.4 Å². The van der Waals surface area contributed by atoms with Crippen LogP contribution in [0.5, 0.6) is 5.75 Å². The van der Waals surface area contributed by atoms with Crippen molar-refractivity contribution in [1.82, 2.24) is 9.88 Å². The maximum atomic E-state index is 12.5. The molecule has 0 aliphatic rings. The number of aryl methyl sites for hydroxylation is 2. The minimum Gasteiger partial charge on any atom is -0.491 e. The summed E-state index contributed by atoms with van der Waals surface area (Å²) in [6, 6.07) is 22.4. The Labute approximate surface area is 201 Å². The number of ether oxygens (including phenoxy) is 1. The molecule has 0 spiro atoms. The fraction of sp³-hybridized carbons (Fsp3) is 0.276. The van der Waals surface area contributed by atoms with E-state index in [-0.39, 0.29) is 12.4 Å². The van der Waals surface area contributed by atoms with Crippen LogP contribution < -0.4 is 10.1 Å². The Morgan fingerprint density at radius 1 is 0.971 bits per heavy atom. The second-order valence-electron chi connectivity index (χ2n) is 8.95. The number of Topliss-reactive ketones (excluding diaryl/α,β-unsaturated/α-hetero) is 1. The van der Waals surface area contributed by atoms with Gasteiger partial charge in [0.2, 0.25) is 0 Å². The molecule has 5 nitrogen and oxygen atoms in total. The number of aliphatic hydroxyl groups excluding tert-OH is 1. The number of ketones is 1. The van der Waals surface area contributed by atoms with Crippen molar-refractivity contribution in [3.05, 3.63) is 94.7 Å². The number of hydrogen-bond acceptors (Lipinski definition) is 4. The molecule has 4 rings (SSSR count). The molecule has 5 heteroatoms. The number of hydrogen-bond donors (Lipinski definition) is 2. The number of rotatable bonds is 9. The molecule has 4 aromatic rings. The van der Waals surface area contributed by atoms with Crippen molar-refractivity contribution in [2.24, 2.45) is 0 Å². The fourth-order valence-electron chi connectivity index (χ4n) is 4.30. The van der Waals surface area contributed by atoms with Crippen molar-refractivity contribution in [2.45, 2.75) is 40.3 Å². The second kappa shape index (κ2) is 10.2. The van der Waals surface area contributed by atoms with Crippen LogP contribution in [-0.2, 0) is 6.54 Å². The lowest BCUT2D eigenvalue weighted by Gasteiger charge is -2.14. The Morgan fingerprint density at radius 3 is 2.26 bits per heavy atom. The van der Waals surface area contributed by atoms with Crippen molar-refractivity contribution in [3.63, 3.8) is 0 Å². The number of carbonyl (C=O) groups excluding carboxylic acids is 1. The number of fused-ring (bicyclic) bond motifs is 1. The Morgan fingerprint density at radius 2 is 1.62 bits per heavy atom. The van der Waals surface area contributed by atoms with Crippen molar-refractivity contribution < 1.29 is 14.6 Å². The molecule has 0 saturated carbocycles. The largest absolute Gasteiger partial charge is 0.491 e. The lowest BCUT2D eigenvalue weighted by Crippen LogP contribution is -2.31. The maximum absolute atomic E-state index is 12.5. The van der Waals surface area contributed by atoms with E-state index < -0.39 is 6.10 Å². The molecule has 0 saturated heterocycles. The third-order valence-corrected chi connectivity index (χ3v) is 6.09. The van der Waals surface area contributed by atoms with Crippen LogP contribution in [0.2, 0.25) is 0 Å². The topological polar surface area (TPSA) is 63.5 Å². The highest BCUT2D eigenvalue weighted by molar-refractivity contribution is 6.09. The summed E-state index contributed by atoms with van der Waals surface area (Å²) in [5.74, 6) is 0.652. The number of aliphatic hydroxyl groups is 1. The number of nitrogens with zero attached hydrogens (tertiary/aromatic N) is 1. The smallest absolute Gasteiger partial charge is 0.162 e. The van der Waals surface area contributed by atoms with Gasteiger partial charge in [-0.3, -0.25) is 4.79 Å². The van der Waals surface area contributed by atoms with Gasteiger partial charge >= 0.3 is 0 Å². The highest BCUT2D eigenvalue weighted by Gasteiger charge is 2.19. The molecular weight excluding hydrogens is 424 g/mol. The molecule has 0 fully saturated rings. The molecule has 1 heterocycles. The van der Waals surface area contributed by atoms with Crippen molar-refractivity contribution in [1.29, 1.82) is 0 Å². The number of benzene rings is 3. The van der Waals surface area contributed by atoms with E-state index in [1.807, 2.05) is 25.1 Å². The zero-order valence-electron chi connectivity index (χ0n) is 20.3. The van der Waals surface area contributed by atoms with Crippen LogP contribution in [0, 0.1) is 20.8 Å². The number of carbonyl (C=O) groups is 1. The molecule has 0 bridgehead atoms. The third-order valence-electron chi connectivity index (χ3n) is 6.09. The minimum absolute atomic E-state index is 0.0193. The monoisotopic (exact) mass is 456 g/mol. The number of nitrogens with one attached hydrogen (secondary N) is 1. The Hall–Kier alpha value is -3.41. The molecule has 2 N–H and O–H groups in total. The van der Waals surface area contributed by atoms with E-state index in [1.165, 1.54) is 16.7 Å². The molecule has 0 amide bonds. The van der Waals surface area contributed by atoms with Crippen LogP contribution in [0.4, 0.5) is 0 Å². The Kier molecular flexibility index (Phi) is 7.15. The summed E-state index contributed by atoms with van der Waals surface area (Å²) >= 11 is 0. The minimum atomic E-state index is -0.646. The van der Waals surface area contributed by atoms with Crippen molar-refractivity contribution >= 4 is 16.7 Å². The van der Waals surface area contributed by atoms with Gasteiger partial charge in [-0.1, -0.05) is 47.5 Å². The first-order valence-electron chi connectivity index (χ1n) is 11.6. The highest BCUT2D eigenvalue weighted by Crippen LogP contribution is 2.32. The molecule has 0 radical (unpaired) electrons. The first-order valence-corrected chi connectivity index (χ1v) is 11.6. The zero-order valence-corrected chi connectivity index (χ0v) is 20.3. The summed E-state index contributed by atoms with van der Waals surface area (Å²) in [6.07, 6.45) is -0.646. The van der Waals surface area contributed by atoms with E-state index in [0.717, 1.165) is 22.3 Å². The van der Waals surface area contributed by atoms with Crippen LogP contribution in [0.1, 0.15) is 39.7 Å². The summed E-state index contributed by atoms with van der Waals surface area (Å²) in [6.45, 7) is 8.97. The van der Waals surface area contributed by atoms with Crippen LogP contribution in [-0.4, -0.2) is 34.7 Å². The van der Waals surface area contributed by atoms with E-state index >= 15 is 0 Å². The molecule has 3 aromatic carbocycles. The van der Waals surface area contributed by atoms with Gasteiger partial charge in [-0.05, 0) is 63.6 Å². The quantitative estimate of drug-likeness (QED) is 0.336. The van der Waals surface area contributed by atoms with Gasteiger partial charge in [0.25, 0.3) is 0 Å². The van der Waals surface area contributed by atoms with E-state index in [2.05, 4.69) is 72.3 Å². The van der Waals surface area contributed by atoms with Gasteiger partial charge in [-0.25, -0.2) is 0 Å². The predicted molar refractivity (Wildman–Crippen MR) is 137 cm³/mol. The molecular formula is C29H32N2O3. The summed E-state index contributed by atoms with van der Waals surface area (Å²) in [4.78, 5) is 12.5. The first kappa shape index (κ1) is 23.7. The first-order chi connectivity index (χ1) is 16.3. The lowest BCUT2D eigenvalue weighted by atomic mass is 10.1. The van der Waals surface area contributed by atoms with Crippen LogP contribution in [0.25, 0.3) is 16.6 Å². The highest BCUT2D eigenvalue weighted by atomic mass is 16.5. The molecule has 1 aromatic heterocycles. The normalized spacial score (nSPS) is 12.1. The number of aromatic nitrogens is 1. The third kappa shape index (κ3) is 5.22. The van der Waals surface area contributed by atoms with Crippen molar-refractivity contribution in [2.75, 3.05) is 13.2 Å². The summed E-state index contributed by atoms with van der Waals surface area (Å²) < 4.78 is 8.00. The average molecular weight is 457 g/mol. The van der Waals surface area contributed by atoms with Crippen molar-refractivity contribution in [3.8, 4) is 11.4 Å². The van der Waals surface area contributed by atoms with Gasteiger partial charge in [-0.2, -0.15) is 0 Å². The van der Waals surface area contributed by atoms with Gasteiger partial charge in [0.15, 0.2) is 5.78 Å². The molecule has 34 heavy (non-hydrogen) atoms. The van der Waals surface area contributed by atoms with Gasteiger partial charge < -0.3 is 19.7 Å². The molecule has 176 valence electrons. The predicted octanol–water partition coefficient (Wildman–Crippen LogP) is 5.29. The second-order valence-corrected chi connectivity index (χ2v) is 8.95. The van der Waals surface area contributed by atoms with Crippen LogP contribution in [0.3, 0.4) is 0 Å². The fourth-order valence-corrected chi connectivity index (χ4v) is 4.30. The van der Waals surface area contributed by atoms with Gasteiger partial charge in [0.1, 0.15) is 18.5 Å². The van der Waals surface area contributed by atoms with Crippen LogP contribution in [0.15, 0.2) is 66.7 Å². The Bertz CT molecular complexity index is 1290. The molecule has 0 unspecified atom stereocenters. The van der Waals surface area contributed by atoms with E-state index in [9.17, 15) is 9.90 Å². The summed E-state index contributed by atoms with van der Waals surface area (Å²) in [5.41, 5.74) is 7.17. The average Bonchev–Trinajstić information content (AvgIpc) is 3.11. The SMILES string of the molecule is CC(=O)c1c(C)n(-c2ccc(C)cc2)c2ccc(OC[C@@H](O)CNCc3ccc(C)cc3)cc12.